The van der Waals surface area contributed by atoms with E-state index in [2.05, 4.69) is 4.98 Å². The van der Waals surface area contributed by atoms with Gasteiger partial charge in [0, 0.05) is 18.2 Å². The van der Waals surface area contributed by atoms with Crippen LogP contribution in [0.1, 0.15) is 34.0 Å². The van der Waals surface area contributed by atoms with Gasteiger partial charge in [0.05, 0.1) is 11.8 Å². The minimum Gasteiger partial charge on any atom is -0.292 e. The Morgan fingerprint density at radius 1 is 1.17 bits per heavy atom. The molecule has 1 aromatic heterocycles. The highest BCUT2D eigenvalue weighted by atomic mass is 19.4. The molecule has 0 fully saturated rings. The van der Waals surface area contributed by atoms with Crippen LogP contribution in [0, 0.1) is 11.3 Å². The molecule has 0 bridgehead atoms. The number of rotatable bonds is 5. The minimum atomic E-state index is -4.30. The smallest absolute Gasteiger partial charge is 0.292 e. The SMILES string of the molecule is N#C[C@@H](C(=O)c1ccccc1CCC(F)(F)F)c1ccccn1. The van der Waals surface area contributed by atoms with E-state index < -0.39 is 24.3 Å². The van der Waals surface area contributed by atoms with Crippen LogP contribution in [0.25, 0.3) is 0 Å². The molecule has 0 saturated carbocycles. The summed E-state index contributed by atoms with van der Waals surface area (Å²) in [4.78, 5) is 16.6. The normalized spacial score (nSPS) is 12.4. The van der Waals surface area contributed by atoms with Gasteiger partial charge in [0.2, 0.25) is 0 Å². The van der Waals surface area contributed by atoms with Gasteiger partial charge in [0.25, 0.3) is 0 Å². The van der Waals surface area contributed by atoms with E-state index in [1.54, 1.807) is 30.3 Å². The van der Waals surface area contributed by atoms with E-state index in [1.807, 2.05) is 6.07 Å². The second-order valence-electron chi connectivity index (χ2n) is 4.95. The molecule has 2 aromatic rings. The van der Waals surface area contributed by atoms with E-state index in [-0.39, 0.29) is 23.2 Å². The van der Waals surface area contributed by atoms with Crippen molar-refractivity contribution < 1.29 is 18.0 Å². The molecule has 3 nitrogen and oxygen atoms in total. The molecule has 0 aliphatic rings. The number of aryl methyl sites for hydroxylation is 1. The number of ketones is 1. The van der Waals surface area contributed by atoms with Gasteiger partial charge in [-0.05, 0) is 24.1 Å². The maximum absolute atomic E-state index is 12.6. The Kier molecular flexibility index (Phi) is 5.12. The lowest BCUT2D eigenvalue weighted by Gasteiger charge is -2.13. The van der Waals surface area contributed by atoms with Crippen LogP contribution in [0.3, 0.4) is 0 Å². The number of aromatic nitrogens is 1. The van der Waals surface area contributed by atoms with Crippen molar-refractivity contribution >= 4 is 5.78 Å². The standard InChI is InChI=1S/C17H13F3N2O/c18-17(19,20)9-8-12-5-1-2-6-13(12)16(23)14(11-21)15-7-3-4-10-22-15/h1-7,10,14H,8-9H2/t14-/m1/s1. The summed E-state index contributed by atoms with van der Waals surface area (Å²) >= 11 is 0. The first-order valence-electron chi connectivity index (χ1n) is 6.92. The maximum Gasteiger partial charge on any atom is 0.389 e. The van der Waals surface area contributed by atoms with Gasteiger partial charge in [0.1, 0.15) is 0 Å². The third kappa shape index (κ3) is 4.39. The van der Waals surface area contributed by atoms with E-state index in [0.29, 0.717) is 0 Å². The van der Waals surface area contributed by atoms with Crippen molar-refractivity contribution in [1.82, 2.24) is 4.98 Å². The average Bonchev–Trinajstić information content (AvgIpc) is 2.54. The van der Waals surface area contributed by atoms with E-state index in [1.165, 1.54) is 18.3 Å². The fourth-order valence-corrected chi connectivity index (χ4v) is 2.22. The molecule has 0 aliphatic carbocycles. The monoisotopic (exact) mass is 318 g/mol. The van der Waals surface area contributed by atoms with Crippen molar-refractivity contribution in [2.75, 3.05) is 0 Å². The molecular weight excluding hydrogens is 305 g/mol. The number of nitriles is 1. The zero-order chi connectivity index (χ0) is 16.9. The highest BCUT2D eigenvalue weighted by Gasteiger charge is 2.29. The van der Waals surface area contributed by atoms with Crippen molar-refractivity contribution in [3.8, 4) is 6.07 Å². The fraction of sp³-hybridized carbons (Fsp3) is 0.235. The molecule has 0 unspecified atom stereocenters. The van der Waals surface area contributed by atoms with Crippen molar-refractivity contribution in [2.24, 2.45) is 0 Å². The van der Waals surface area contributed by atoms with Gasteiger partial charge in [-0.15, -0.1) is 0 Å². The molecule has 0 amide bonds. The third-order valence-corrected chi connectivity index (χ3v) is 3.34. The molecule has 1 aromatic carbocycles. The molecule has 0 spiro atoms. The number of pyridine rings is 1. The Morgan fingerprint density at radius 3 is 2.48 bits per heavy atom. The Morgan fingerprint density at radius 2 is 1.87 bits per heavy atom. The largest absolute Gasteiger partial charge is 0.389 e. The molecule has 1 atom stereocenters. The Labute approximate surface area is 131 Å². The molecule has 1 heterocycles. The van der Waals surface area contributed by atoms with E-state index in [0.717, 1.165) is 0 Å². The molecular formula is C17H13F3N2O. The van der Waals surface area contributed by atoms with Crippen LogP contribution in [0.4, 0.5) is 13.2 Å². The summed E-state index contributed by atoms with van der Waals surface area (Å²) in [5.74, 6) is -1.67. The average molecular weight is 318 g/mol. The quantitative estimate of drug-likeness (QED) is 0.781. The van der Waals surface area contributed by atoms with Gasteiger partial charge in [-0.3, -0.25) is 9.78 Å². The summed E-state index contributed by atoms with van der Waals surface area (Å²) in [5, 5.41) is 9.27. The minimum absolute atomic E-state index is 0.133. The number of hydrogen-bond donors (Lipinski definition) is 0. The Hall–Kier alpha value is -2.68. The second-order valence-corrected chi connectivity index (χ2v) is 4.95. The number of carbonyl (C=O) groups excluding carboxylic acids is 1. The van der Waals surface area contributed by atoms with Crippen LogP contribution < -0.4 is 0 Å². The molecule has 0 aliphatic heterocycles. The summed E-state index contributed by atoms with van der Waals surface area (Å²) in [7, 11) is 0. The number of alkyl halides is 3. The van der Waals surface area contributed by atoms with Crippen LogP contribution >= 0.6 is 0 Å². The number of nitrogens with zero attached hydrogens (tertiary/aromatic N) is 2. The lowest BCUT2D eigenvalue weighted by molar-refractivity contribution is -0.134. The van der Waals surface area contributed by atoms with Crippen molar-refractivity contribution in [1.29, 1.82) is 5.26 Å². The topological polar surface area (TPSA) is 53.8 Å². The molecule has 118 valence electrons. The van der Waals surface area contributed by atoms with Gasteiger partial charge < -0.3 is 0 Å². The number of carbonyl (C=O) groups is 1. The number of hydrogen-bond acceptors (Lipinski definition) is 3. The number of Topliss-reactive ketones (excluding diaryl/α,β-unsaturated/α-hetero) is 1. The summed E-state index contributed by atoms with van der Waals surface area (Å²) in [6.07, 6.45) is -4.15. The zero-order valence-electron chi connectivity index (χ0n) is 12.0. The molecule has 0 radical (unpaired) electrons. The lowest BCUT2D eigenvalue weighted by atomic mass is 9.91. The van der Waals surface area contributed by atoms with E-state index >= 15 is 0 Å². The van der Waals surface area contributed by atoms with Crippen LogP contribution in [0.2, 0.25) is 0 Å². The van der Waals surface area contributed by atoms with Crippen molar-refractivity contribution in [3.63, 3.8) is 0 Å². The van der Waals surface area contributed by atoms with Gasteiger partial charge in [0.15, 0.2) is 11.7 Å². The zero-order valence-corrected chi connectivity index (χ0v) is 12.0. The number of halogens is 3. The molecule has 0 saturated heterocycles. The highest BCUT2D eigenvalue weighted by molar-refractivity contribution is 6.03. The summed E-state index contributed by atoms with van der Waals surface area (Å²) < 4.78 is 37.2. The predicted octanol–water partition coefficient (Wildman–Crippen LogP) is 4.07. The molecule has 6 heteroatoms. The van der Waals surface area contributed by atoms with E-state index in [4.69, 9.17) is 0 Å². The predicted molar refractivity (Wildman–Crippen MR) is 77.7 cm³/mol. The first-order chi connectivity index (χ1) is 10.9. The summed E-state index contributed by atoms with van der Waals surface area (Å²) in [6.45, 7) is 0. The molecule has 0 N–H and O–H groups in total. The van der Waals surface area contributed by atoms with Crippen LogP contribution in [-0.4, -0.2) is 16.9 Å². The first kappa shape index (κ1) is 16.7. The van der Waals surface area contributed by atoms with Crippen LogP contribution in [0.5, 0.6) is 0 Å². The molecule has 2 rings (SSSR count). The lowest BCUT2D eigenvalue weighted by Crippen LogP contribution is -2.16. The van der Waals surface area contributed by atoms with Crippen LogP contribution in [0.15, 0.2) is 48.7 Å². The van der Waals surface area contributed by atoms with Gasteiger partial charge in [-0.1, -0.05) is 30.3 Å². The van der Waals surface area contributed by atoms with Crippen LogP contribution in [-0.2, 0) is 6.42 Å². The Bertz CT molecular complexity index is 721. The van der Waals surface area contributed by atoms with Crippen molar-refractivity contribution in [2.45, 2.75) is 24.9 Å². The second kappa shape index (κ2) is 7.05. The highest BCUT2D eigenvalue weighted by Crippen LogP contribution is 2.26. The Balaban J connectivity index is 2.30. The third-order valence-electron chi connectivity index (χ3n) is 3.34. The summed E-state index contributed by atoms with van der Waals surface area (Å²) in [6, 6.07) is 12.8. The first-order valence-corrected chi connectivity index (χ1v) is 6.92. The van der Waals surface area contributed by atoms with E-state index in [9.17, 15) is 23.2 Å². The number of benzene rings is 1. The fourth-order valence-electron chi connectivity index (χ4n) is 2.22. The molecule has 23 heavy (non-hydrogen) atoms. The van der Waals surface area contributed by atoms with Gasteiger partial charge >= 0.3 is 6.18 Å². The summed E-state index contributed by atoms with van der Waals surface area (Å²) in [5.41, 5.74) is 0.700. The van der Waals surface area contributed by atoms with Gasteiger partial charge in [-0.2, -0.15) is 18.4 Å². The van der Waals surface area contributed by atoms with Crippen molar-refractivity contribution in [3.05, 3.63) is 65.5 Å². The van der Waals surface area contributed by atoms with Gasteiger partial charge in [-0.25, -0.2) is 0 Å². The maximum atomic E-state index is 12.6.